The van der Waals surface area contributed by atoms with Crippen LogP contribution < -0.4 is 0 Å². The number of carboxylic acids is 1. The SMILES string of the molecule is C/C(=N\O)c1ccc(C)s1.CC(=O)c1ccc(C)s1.CCC(=O)O.CCC(=O)OC.CCc1cc(-c2ccc(C)s2)no1.Cc1cccs1. The van der Waals surface area contributed by atoms with Crippen molar-refractivity contribution in [3.63, 3.8) is 0 Å². The molecule has 0 spiro atoms. The Morgan fingerprint density at radius 2 is 1.37 bits per heavy atom. The molecule has 0 amide bonds. The number of aromatic nitrogens is 1. The predicted molar refractivity (Wildman–Crippen MR) is 205 cm³/mol. The second-order valence-corrected chi connectivity index (χ2v) is 14.9. The van der Waals surface area contributed by atoms with E-state index in [0.717, 1.165) is 27.6 Å². The van der Waals surface area contributed by atoms with Crippen LogP contribution in [0.3, 0.4) is 0 Å². The van der Waals surface area contributed by atoms with Crippen molar-refractivity contribution in [3.05, 3.63) is 95.0 Å². The van der Waals surface area contributed by atoms with Crippen LogP contribution in [0.1, 0.15) is 87.3 Å². The second kappa shape index (κ2) is 26.0. The third-order valence-corrected chi connectivity index (χ3v) is 9.75. The number of aliphatic carboxylic acids is 1. The number of oxime groups is 1. The lowest BCUT2D eigenvalue weighted by molar-refractivity contribution is -0.140. The summed E-state index contributed by atoms with van der Waals surface area (Å²) in [5, 5.41) is 25.3. The number of Topliss-reactive ketones (excluding diaryl/α,β-unsaturated/α-hetero) is 1. The first-order valence-electron chi connectivity index (χ1n) is 15.3. The molecule has 0 saturated carbocycles. The number of hydrogen-bond donors (Lipinski definition) is 2. The summed E-state index contributed by atoms with van der Waals surface area (Å²) in [5.74, 6) is 0.203. The number of thiophene rings is 4. The molecular formula is C36H48N2O7S4. The van der Waals surface area contributed by atoms with Gasteiger partial charge in [0.1, 0.15) is 11.5 Å². The van der Waals surface area contributed by atoms with E-state index in [4.69, 9.17) is 14.8 Å². The van der Waals surface area contributed by atoms with Gasteiger partial charge in [0.15, 0.2) is 5.78 Å². The number of ketones is 1. The van der Waals surface area contributed by atoms with Gasteiger partial charge in [-0.15, -0.1) is 45.3 Å². The lowest BCUT2D eigenvalue weighted by Gasteiger charge is -1.87. The van der Waals surface area contributed by atoms with E-state index < -0.39 is 5.97 Å². The third-order valence-electron chi connectivity index (χ3n) is 5.72. The van der Waals surface area contributed by atoms with Crippen molar-refractivity contribution in [1.29, 1.82) is 0 Å². The number of carbonyl (C=O) groups excluding carboxylic acids is 2. The van der Waals surface area contributed by atoms with Gasteiger partial charge in [0.25, 0.3) is 0 Å². The first-order valence-corrected chi connectivity index (χ1v) is 18.7. The number of esters is 1. The molecular weight excluding hydrogens is 701 g/mol. The van der Waals surface area contributed by atoms with Gasteiger partial charge >= 0.3 is 11.9 Å². The quantitative estimate of drug-likeness (QED) is 0.0575. The fourth-order valence-corrected chi connectivity index (χ4v) is 5.89. The minimum atomic E-state index is -0.745. The van der Waals surface area contributed by atoms with Gasteiger partial charge in [-0.2, -0.15) is 0 Å². The van der Waals surface area contributed by atoms with E-state index in [9.17, 15) is 14.4 Å². The van der Waals surface area contributed by atoms with Gasteiger partial charge in [-0.1, -0.05) is 37.1 Å². The Kier molecular flexibility index (Phi) is 23.9. The standard InChI is InChI=1S/C10H11NOS.C7H9NOS.C7H8OS.C5H6S.C4H8O2.C3H6O2/c1-3-8-6-9(11-12-8)10-5-4-7(2)13-10;1-5-3-4-7(10-5)6(2)8-9;1-5-3-4-7(9-5)6(2)8;1-5-3-2-4-6-5;1-3-4(5)6-2;1-2-3(4)5/h4-6H,3H2,1-2H3;3-4,9H,1-2H3;3-4H,1-2H3;2-4H,1H3;3H2,1-2H3;2H2,1H3,(H,4,5)/b;8-6+;;;;. The van der Waals surface area contributed by atoms with Crippen LogP contribution in [0.5, 0.6) is 0 Å². The molecule has 2 N–H and O–H groups in total. The Hall–Kier alpha value is -3.91. The predicted octanol–water partition coefficient (Wildman–Crippen LogP) is 10.9. The van der Waals surface area contributed by atoms with E-state index in [1.807, 2.05) is 44.2 Å². The number of hydrogen-bond acceptors (Lipinski definition) is 12. The molecule has 0 bridgehead atoms. The summed E-state index contributed by atoms with van der Waals surface area (Å²) < 4.78 is 9.39. The Labute approximate surface area is 305 Å². The fourth-order valence-electron chi connectivity index (χ4n) is 2.97. The minimum Gasteiger partial charge on any atom is -0.481 e. The molecule has 9 nitrogen and oxygen atoms in total. The molecule has 49 heavy (non-hydrogen) atoms. The summed E-state index contributed by atoms with van der Waals surface area (Å²) in [7, 11) is 1.38. The molecule has 0 fully saturated rings. The van der Waals surface area contributed by atoms with E-state index in [1.54, 1.807) is 73.0 Å². The maximum atomic E-state index is 10.7. The van der Waals surface area contributed by atoms with Crippen molar-refractivity contribution < 1.29 is 34.0 Å². The molecule has 0 unspecified atom stereocenters. The summed E-state index contributed by atoms with van der Waals surface area (Å²) in [6, 6.07) is 18.1. The third kappa shape index (κ3) is 20.9. The van der Waals surface area contributed by atoms with E-state index in [0.29, 0.717) is 12.1 Å². The van der Waals surface area contributed by atoms with Crippen LogP contribution in [0.15, 0.2) is 69.7 Å². The molecule has 5 heterocycles. The van der Waals surface area contributed by atoms with Gasteiger partial charge < -0.3 is 19.6 Å². The molecule has 0 aromatic carbocycles. The Morgan fingerprint density at radius 3 is 1.63 bits per heavy atom. The van der Waals surface area contributed by atoms with Crippen LogP contribution in [-0.2, 0) is 20.7 Å². The van der Waals surface area contributed by atoms with Gasteiger partial charge in [-0.25, -0.2) is 0 Å². The monoisotopic (exact) mass is 748 g/mol. The van der Waals surface area contributed by atoms with Crippen LogP contribution >= 0.6 is 45.3 Å². The molecule has 0 atom stereocenters. The molecule has 5 aromatic heterocycles. The van der Waals surface area contributed by atoms with Crippen LogP contribution in [-0.4, -0.2) is 46.0 Å². The summed E-state index contributed by atoms with van der Waals surface area (Å²) >= 11 is 6.70. The molecule has 268 valence electrons. The van der Waals surface area contributed by atoms with Crippen molar-refractivity contribution in [1.82, 2.24) is 5.16 Å². The number of ether oxygens (including phenoxy) is 1. The minimum absolute atomic E-state index is 0.157. The fraction of sp³-hybridized carbons (Fsp3) is 0.361. The largest absolute Gasteiger partial charge is 0.481 e. The van der Waals surface area contributed by atoms with E-state index in [1.165, 1.54) is 31.5 Å². The van der Waals surface area contributed by atoms with Crippen molar-refractivity contribution in [2.24, 2.45) is 5.16 Å². The normalized spacial score (nSPS) is 9.80. The maximum Gasteiger partial charge on any atom is 0.305 e. The summed E-state index contributed by atoms with van der Waals surface area (Å²) in [4.78, 5) is 38.2. The summed E-state index contributed by atoms with van der Waals surface area (Å²) in [6.07, 6.45) is 1.59. The van der Waals surface area contributed by atoms with Gasteiger partial charge in [0.05, 0.1) is 27.5 Å². The van der Waals surface area contributed by atoms with Crippen molar-refractivity contribution in [3.8, 4) is 10.6 Å². The van der Waals surface area contributed by atoms with E-state index in [-0.39, 0.29) is 18.2 Å². The maximum absolute atomic E-state index is 10.7. The van der Waals surface area contributed by atoms with Crippen molar-refractivity contribution >= 4 is 68.8 Å². The number of carbonyl (C=O) groups is 3. The lowest BCUT2D eigenvalue weighted by Crippen LogP contribution is -1.94. The summed E-state index contributed by atoms with van der Waals surface area (Å²) in [6.45, 7) is 17.0. The van der Waals surface area contributed by atoms with Crippen LogP contribution in [0, 0.1) is 27.7 Å². The first kappa shape index (κ1) is 45.1. The zero-order valence-corrected chi connectivity index (χ0v) is 33.1. The van der Waals surface area contributed by atoms with Gasteiger partial charge in [0.2, 0.25) is 0 Å². The van der Waals surface area contributed by atoms with E-state index in [2.05, 4.69) is 65.5 Å². The molecule has 0 radical (unpaired) electrons. The van der Waals surface area contributed by atoms with E-state index >= 15 is 0 Å². The Morgan fingerprint density at radius 1 is 0.816 bits per heavy atom. The van der Waals surface area contributed by atoms with Crippen LogP contribution in [0.25, 0.3) is 10.6 Å². The topological polar surface area (TPSA) is 139 Å². The molecule has 5 aromatic rings. The highest BCUT2D eigenvalue weighted by Gasteiger charge is 2.06. The number of carboxylic acid groups (broad SMARTS) is 1. The average Bonchev–Trinajstić information content (AvgIpc) is 3.94. The Balaban J connectivity index is 0.000000584. The number of aryl methyl sites for hydroxylation is 5. The number of rotatable bonds is 6. The highest BCUT2D eigenvalue weighted by molar-refractivity contribution is 7.15. The summed E-state index contributed by atoms with van der Waals surface area (Å²) in [5.41, 5.74) is 1.63. The van der Waals surface area contributed by atoms with Gasteiger partial charge in [-0.3, -0.25) is 14.4 Å². The molecule has 5 rings (SSSR count). The van der Waals surface area contributed by atoms with Crippen molar-refractivity contribution in [2.45, 2.75) is 81.6 Å². The molecule has 0 saturated heterocycles. The van der Waals surface area contributed by atoms with Crippen LogP contribution in [0.2, 0.25) is 0 Å². The number of methoxy groups -OCH3 is 1. The second-order valence-electron chi connectivity index (χ2n) is 9.91. The molecule has 0 aliphatic heterocycles. The van der Waals surface area contributed by atoms with Gasteiger partial charge in [0, 0.05) is 44.8 Å². The van der Waals surface area contributed by atoms with Gasteiger partial charge in [-0.05, 0) is 89.4 Å². The first-order chi connectivity index (χ1) is 23.2. The van der Waals surface area contributed by atoms with Crippen molar-refractivity contribution in [2.75, 3.05) is 7.11 Å². The lowest BCUT2D eigenvalue weighted by atomic mass is 10.3. The highest BCUT2D eigenvalue weighted by Crippen LogP contribution is 2.27. The molecule has 0 aliphatic carbocycles. The average molecular weight is 749 g/mol. The van der Waals surface area contributed by atoms with Crippen LogP contribution in [0.4, 0.5) is 0 Å². The molecule has 13 heteroatoms. The Bertz CT molecular complexity index is 1660. The highest BCUT2D eigenvalue weighted by atomic mass is 32.1. The zero-order chi connectivity index (χ0) is 37.4. The smallest absolute Gasteiger partial charge is 0.305 e. The zero-order valence-electron chi connectivity index (χ0n) is 29.9. The number of nitrogens with zero attached hydrogens (tertiary/aromatic N) is 2. The molecule has 0 aliphatic rings.